The van der Waals surface area contributed by atoms with Gasteiger partial charge in [-0.1, -0.05) is 37.3 Å². The van der Waals surface area contributed by atoms with Gasteiger partial charge in [-0.15, -0.1) is 0 Å². The van der Waals surface area contributed by atoms with Crippen LogP contribution in [0.4, 0.5) is 0 Å². The van der Waals surface area contributed by atoms with Crippen molar-refractivity contribution in [1.29, 1.82) is 0 Å². The summed E-state index contributed by atoms with van der Waals surface area (Å²) in [6.45, 7) is 2.37. The molecule has 1 saturated carbocycles. The fraction of sp³-hybridized carbons (Fsp3) is 0.421. The minimum atomic E-state index is -0.0206. The molecular formula is C19H23NO2. The van der Waals surface area contributed by atoms with Gasteiger partial charge in [-0.2, -0.15) is 0 Å². The third-order valence-electron chi connectivity index (χ3n) is 4.47. The van der Waals surface area contributed by atoms with Gasteiger partial charge in [-0.3, -0.25) is 4.79 Å². The molecule has 116 valence electrons. The van der Waals surface area contributed by atoms with Gasteiger partial charge in [0.1, 0.15) is 5.75 Å². The molecule has 1 fully saturated rings. The Bertz CT molecular complexity index is 645. The minimum Gasteiger partial charge on any atom is -0.484 e. The summed E-state index contributed by atoms with van der Waals surface area (Å²) in [5.74, 6) is 1.51. The van der Waals surface area contributed by atoms with Crippen LogP contribution >= 0.6 is 0 Å². The number of hydrogen-bond donors (Lipinski definition) is 1. The highest BCUT2D eigenvalue weighted by Crippen LogP contribution is 2.23. The van der Waals surface area contributed by atoms with Gasteiger partial charge in [-0.05, 0) is 54.5 Å². The summed E-state index contributed by atoms with van der Waals surface area (Å²) in [7, 11) is 0. The van der Waals surface area contributed by atoms with Crippen molar-refractivity contribution in [1.82, 2.24) is 5.32 Å². The van der Waals surface area contributed by atoms with E-state index in [0.29, 0.717) is 6.04 Å². The van der Waals surface area contributed by atoms with E-state index in [1.165, 1.54) is 18.2 Å². The quantitative estimate of drug-likeness (QED) is 0.929. The molecule has 0 saturated heterocycles. The van der Waals surface area contributed by atoms with E-state index in [-0.39, 0.29) is 12.5 Å². The number of rotatable bonds is 4. The molecule has 1 N–H and O–H groups in total. The highest BCUT2D eigenvalue weighted by atomic mass is 16.5. The topological polar surface area (TPSA) is 38.3 Å². The first-order valence-electron chi connectivity index (χ1n) is 8.11. The highest BCUT2D eigenvalue weighted by Gasteiger charge is 2.19. The van der Waals surface area contributed by atoms with E-state index in [9.17, 15) is 4.79 Å². The zero-order valence-electron chi connectivity index (χ0n) is 13.0. The van der Waals surface area contributed by atoms with Crippen LogP contribution < -0.4 is 10.1 Å². The van der Waals surface area contributed by atoms with E-state index in [4.69, 9.17) is 4.74 Å². The predicted octanol–water partition coefficient (Wildman–Crippen LogP) is 3.91. The van der Waals surface area contributed by atoms with Gasteiger partial charge < -0.3 is 10.1 Å². The molecule has 2 aromatic rings. The van der Waals surface area contributed by atoms with Crippen molar-refractivity contribution >= 4 is 16.7 Å². The van der Waals surface area contributed by atoms with Gasteiger partial charge >= 0.3 is 0 Å². The van der Waals surface area contributed by atoms with Crippen LogP contribution in [0, 0.1) is 5.92 Å². The Morgan fingerprint density at radius 3 is 2.59 bits per heavy atom. The number of nitrogens with one attached hydrogen (secondary N) is 1. The van der Waals surface area contributed by atoms with Crippen LogP contribution in [0.5, 0.6) is 5.75 Å². The molecule has 3 nitrogen and oxygen atoms in total. The molecule has 22 heavy (non-hydrogen) atoms. The maximum absolute atomic E-state index is 12.0. The summed E-state index contributed by atoms with van der Waals surface area (Å²) in [4.78, 5) is 12.0. The molecule has 0 bridgehead atoms. The van der Waals surface area contributed by atoms with Gasteiger partial charge in [0.05, 0.1) is 0 Å². The molecule has 3 heteroatoms. The average molecular weight is 297 g/mol. The molecule has 0 aliphatic heterocycles. The number of carbonyl (C=O) groups is 1. The Morgan fingerprint density at radius 2 is 1.82 bits per heavy atom. The molecule has 0 radical (unpaired) electrons. The molecule has 0 spiro atoms. The summed E-state index contributed by atoms with van der Waals surface area (Å²) < 4.78 is 5.63. The van der Waals surface area contributed by atoms with Crippen molar-refractivity contribution < 1.29 is 9.53 Å². The van der Waals surface area contributed by atoms with E-state index in [0.717, 1.165) is 29.9 Å². The second kappa shape index (κ2) is 6.82. The van der Waals surface area contributed by atoms with Crippen LogP contribution in [0.2, 0.25) is 0 Å². The molecule has 0 atom stereocenters. The van der Waals surface area contributed by atoms with Crippen LogP contribution in [0.25, 0.3) is 10.8 Å². The Labute approximate surface area is 131 Å². The fourth-order valence-electron chi connectivity index (χ4n) is 3.08. The number of hydrogen-bond acceptors (Lipinski definition) is 2. The average Bonchev–Trinajstić information content (AvgIpc) is 2.55. The lowest BCUT2D eigenvalue weighted by Crippen LogP contribution is -2.39. The standard InChI is InChI=1S/C19H23NO2/c1-14-6-9-17(10-7-14)20-19(21)13-22-18-11-8-15-4-2-3-5-16(15)12-18/h2-5,8,11-12,14,17H,6-7,9-10,13H2,1H3,(H,20,21). The van der Waals surface area contributed by atoms with Crippen LogP contribution in [0.3, 0.4) is 0 Å². The van der Waals surface area contributed by atoms with Gasteiger partial charge in [-0.25, -0.2) is 0 Å². The van der Waals surface area contributed by atoms with Gasteiger partial charge in [0.15, 0.2) is 6.61 Å². The summed E-state index contributed by atoms with van der Waals surface area (Å²) >= 11 is 0. The summed E-state index contributed by atoms with van der Waals surface area (Å²) in [6, 6.07) is 14.4. The van der Waals surface area contributed by atoms with E-state index >= 15 is 0 Å². The van der Waals surface area contributed by atoms with Crippen molar-refractivity contribution in [3.8, 4) is 5.75 Å². The SMILES string of the molecule is CC1CCC(NC(=O)COc2ccc3ccccc3c2)CC1. The van der Waals surface area contributed by atoms with Gasteiger partial charge in [0, 0.05) is 6.04 Å². The van der Waals surface area contributed by atoms with Crippen molar-refractivity contribution in [2.75, 3.05) is 6.61 Å². The lowest BCUT2D eigenvalue weighted by molar-refractivity contribution is -0.124. The van der Waals surface area contributed by atoms with Gasteiger partial charge in [0.2, 0.25) is 0 Å². The van der Waals surface area contributed by atoms with Crippen LogP contribution in [-0.2, 0) is 4.79 Å². The van der Waals surface area contributed by atoms with E-state index < -0.39 is 0 Å². The normalized spacial score (nSPS) is 21.5. The van der Waals surface area contributed by atoms with Crippen molar-refractivity contribution in [3.63, 3.8) is 0 Å². The zero-order valence-corrected chi connectivity index (χ0v) is 13.0. The third kappa shape index (κ3) is 3.79. The van der Waals surface area contributed by atoms with Crippen LogP contribution in [0.15, 0.2) is 42.5 Å². The molecule has 1 aliphatic rings. The van der Waals surface area contributed by atoms with Crippen molar-refractivity contribution in [3.05, 3.63) is 42.5 Å². The largest absolute Gasteiger partial charge is 0.484 e. The molecule has 1 aliphatic carbocycles. The number of fused-ring (bicyclic) bond motifs is 1. The third-order valence-corrected chi connectivity index (χ3v) is 4.47. The predicted molar refractivity (Wildman–Crippen MR) is 89.0 cm³/mol. The molecular weight excluding hydrogens is 274 g/mol. The Kier molecular flexibility index (Phi) is 4.62. The molecule has 0 aromatic heterocycles. The summed E-state index contributed by atoms with van der Waals surface area (Å²) in [6.07, 6.45) is 4.58. The Morgan fingerprint density at radius 1 is 1.09 bits per heavy atom. The number of ether oxygens (including phenoxy) is 1. The molecule has 2 aromatic carbocycles. The first kappa shape index (κ1) is 14.9. The molecule has 0 heterocycles. The first-order chi connectivity index (χ1) is 10.7. The summed E-state index contributed by atoms with van der Waals surface area (Å²) in [5, 5.41) is 5.39. The molecule has 1 amide bonds. The first-order valence-corrected chi connectivity index (χ1v) is 8.11. The smallest absolute Gasteiger partial charge is 0.258 e. The maximum Gasteiger partial charge on any atom is 0.258 e. The minimum absolute atomic E-state index is 0.0206. The van der Waals surface area contributed by atoms with Crippen molar-refractivity contribution in [2.45, 2.75) is 38.6 Å². The monoisotopic (exact) mass is 297 g/mol. The van der Waals surface area contributed by atoms with E-state index in [1.54, 1.807) is 0 Å². The zero-order chi connectivity index (χ0) is 15.4. The lowest BCUT2D eigenvalue weighted by atomic mass is 9.87. The fourth-order valence-corrected chi connectivity index (χ4v) is 3.08. The second-order valence-corrected chi connectivity index (χ2v) is 6.32. The number of benzene rings is 2. The Balaban J connectivity index is 1.51. The van der Waals surface area contributed by atoms with E-state index in [1.807, 2.05) is 36.4 Å². The molecule has 3 rings (SSSR count). The summed E-state index contributed by atoms with van der Waals surface area (Å²) in [5.41, 5.74) is 0. The highest BCUT2D eigenvalue weighted by molar-refractivity contribution is 5.84. The van der Waals surface area contributed by atoms with Crippen LogP contribution in [-0.4, -0.2) is 18.6 Å². The van der Waals surface area contributed by atoms with Crippen molar-refractivity contribution in [2.24, 2.45) is 5.92 Å². The Hall–Kier alpha value is -2.03. The lowest BCUT2D eigenvalue weighted by Gasteiger charge is -2.26. The molecule has 0 unspecified atom stereocenters. The van der Waals surface area contributed by atoms with Crippen LogP contribution in [0.1, 0.15) is 32.6 Å². The van der Waals surface area contributed by atoms with Gasteiger partial charge in [0.25, 0.3) is 5.91 Å². The van der Waals surface area contributed by atoms with E-state index in [2.05, 4.69) is 18.3 Å². The number of carbonyl (C=O) groups excluding carboxylic acids is 1. The number of amides is 1. The maximum atomic E-state index is 12.0. The second-order valence-electron chi connectivity index (χ2n) is 6.32.